The molecule has 2 aromatic carbocycles. The van der Waals surface area contributed by atoms with Crippen molar-refractivity contribution in [1.82, 2.24) is 10.6 Å². The van der Waals surface area contributed by atoms with Crippen molar-refractivity contribution < 1.29 is 9.59 Å². The van der Waals surface area contributed by atoms with Crippen molar-refractivity contribution in [3.05, 3.63) is 92.9 Å². The lowest BCUT2D eigenvalue weighted by atomic mass is 9.92. The summed E-state index contributed by atoms with van der Waals surface area (Å²) in [5.74, 6) is -0.0157. The van der Waals surface area contributed by atoms with E-state index in [-0.39, 0.29) is 48.6 Å². The maximum absolute atomic E-state index is 12.7. The van der Waals surface area contributed by atoms with Gasteiger partial charge in [-0.15, -0.1) is 0 Å². The van der Waals surface area contributed by atoms with Gasteiger partial charge in [0, 0.05) is 21.8 Å². The molecule has 0 aliphatic carbocycles. The van der Waals surface area contributed by atoms with Crippen LogP contribution in [0.1, 0.15) is 49.9 Å². The second kappa shape index (κ2) is 11.6. The largest absolute Gasteiger partial charge is 0.348 e. The molecule has 0 saturated carbocycles. The van der Waals surface area contributed by atoms with Gasteiger partial charge in [0.05, 0.1) is 12.1 Å². The Bertz CT molecular complexity index is 937. The molecule has 1 aliphatic heterocycles. The van der Waals surface area contributed by atoms with Gasteiger partial charge in [0.1, 0.15) is 0 Å². The molecule has 6 heteroatoms. The smallest absolute Gasteiger partial charge is 0.224 e. The monoisotopic (exact) mass is 558 g/mol. The number of rotatable bonds is 2. The number of benzene rings is 2. The molecule has 0 radical (unpaired) electrons. The average Bonchev–Trinajstić information content (AvgIpc) is 2.75. The summed E-state index contributed by atoms with van der Waals surface area (Å²) in [4.78, 5) is 25.5. The normalized spacial score (nSPS) is 27.0. The summed E-state index contributed by atoms with van der Waals surface area (Å²) in [5.41, 5.74) is 2.04. The van der Waals surface area contributed by atoms with Gasteiger partial charge in [-0.25, -0.2) is 0 Å². The number of hydrogen-bond donors (Lipinski definition) is 2. The minimum atomic E-state index is -0.178. The summed E-state index contributed by atoms with van der Waals surface area (Å²) in [5, 5.41) is 6.34. The molecule has 2 aromatic rings. The zero-order valence-corrected chi connectivity index (χ0v) is 21.4. The first-order chi connectivity index (χ1) is 15.3. The van der Waals surface area contributed by atoms with Crippen molar-refractivity contribution in [2.24, 2.45) is 11.8 Å². The topological polar surface area (TPSA) is 58.2 Å². The van der Waals surface area contributed by atoms with Gasteiger partial charge in [-0.3, -0.25) is 9.59 Å². The Morgan fingerprint density at radius 2 is 1.12 bits per heavy atom. The number of amides is 2. The van der Waals surface area contributed by atoms with E-state index in [2.05, 4.69) is 42.5 Å². The first-order valence-electron chi connectivity index (χ1n) is 10.8. The molecule has 1 heterocycles. The van der Waals surface area contributed by atoms with Crippen LogP contribution in [0, 0.1) is 11.8 Å². The standard InChI is InChI=1S/C26H28Br2N2O2/c1-17-7-3-13-24(32)30-26(20-10-6-12-22(28)16-20)18(2)8-4-14-23(31)29-25(17)19-9-5-11-21(27)15-19/h3-12,15-18,25-26H,13-14H2,1-2H3,(H,29,31)(H,30,32)/b7-3+,8-4+/t17-,18-,25+,26+/m1/s1. The third-order valence-electron chi connectivity index (χ3n) is 5.59. The summed E-state index contributed by atoms with van der Waals surface area (Å²) in [6.07, 6.45) is 8.35. The first-order valence-corrected chi connectivity index (χ1v) is 12.3. The van der Waals surface area contributed by atoms with E-state index in [1.165, 1.54) is 0 Å². The molecular formula is C26H28Br2N2O2. The van der Waals surface area contributed by atoms with Crippen molar-refractivity contribution in [3.63, 3.8) is 0 Å². The molecule has 0 saturated heterocycles. The molecule has 0 bridgehead atoms. The molecule has 0 aromatic heterocycles. The van der Waals surface area contributed by atoms with E-state index in [4.69, 9.17) is 0 Å². The fourth-order valence-corrected chi connectivity index (χ4v) is 4.74. The Kier molecular flexibility index (Phi) is 8.88. The second-order valence-electron chi connectivity index (χ2n) is 8.18. The molecule has 0 unspecified atom stereocenters. The Morgan fingerprint density at radius 3 is 1.50 bits per heavy atom. The Labute approximate surface area is 206 Å². The zero-order valence-electron chi connectivity index (χ0n) is 18.2. The van der Waals surface area contributed by atoms with Crippen LogP contribution in [-0.4, -0.2) is 11.8 Å². The van der Waals surface area contributed by atoms with Crippen molar-refractivity contribution >= 4 is 43.7 Å². The minimum absolute atomic E-state index is 0.0211. The van der Waals surface area contributed by atoms with E-state index in [0.717, 1.165) is 20.1 Å². The minimum Gasteiger partial charge on any atom is -0.348 e. The van der Waals surface area contributed by atoms with Crippen molar-refractivity contribution in [3.8, 4) is 0 Å². The molecular weight excluding hydrogens is 532 g/mol. The molecule has 32 heavy (non-hydrogen) atoms. The van der Waals surface area contributed by atoms with Crippen LogP contribution in [0.15, 0.2) is 81.8 Å². The Balaban J connectivity index is 1.86. The summed E-state index contributed by atoms with van der Waals surface area (Å²) in [6.45, 7) is 4.10. The molecule has 4 atom stereocenters. The molecule has 1 aliphatic rings. The van der Waals surface area contributed by atoms with E-state index in [1.807, 2.05) is 86.7 Å². The molecule has 0 fully saturated rings. The molecule has 2 amide bonds. The van der Waals surface area contributed by atoms with Crippen LogP contribution >= 0.6 is 31.9 Å². The van der Waals surface area contributed by atoms with Crippen LogP contribution in [0.5, 0.6) is 0 Å². The fourth-order valence-electron chi connectivity index (χ4n) is 3.90. The SMILES string of the molecule is C[C@@H]1/C=C/CC(=O)N[C@H](c2cccc(Br)c2)[C@H](C)/C=C/CC(=O)N[C@@H]1c1cccc(Br)c1. The van der Waals surface area contributed by atoms with E-state index in [0.29, 0.717) is 0 Å². The maximum atomic E-state index is 12.7. The van der Waals surface area contributed by atoms with Gasteiger partial charge in [0.2, 0.25) is 11.8 Å². The molecule has 168 valence electrons. The first kappa shape index (κ1) is 24.5. The van der Waals surface area contributed by atoms with Gasteiger partial charge in [-0.05, 0) is 47.2 Å². The summed E-state index contributed by atoms with van der Waals surface area (Å²) >= 11 is 7.03. The highest BCUT2D eigenvalue weighted by atomic mass is 79.9. The Hall–Kier alpha value is -2.18. The number of carbonyl (C=O) groups is 2. The summed E-state index contributed by atoms with van der Waals surface area (Å²) in [7, 11) is 0. The summed E-state index contributed by atoms with van der Waals surface area (Å²) in [6, 6.07) is 15.6. The van der Waals surface area contributed by atoms with Crippen LogP contribution < -0.4 is 10.6 Å². The van der Waals surface area contributed by atoms with Crippen LogP contribution in [0.2, 0.25) is 0 Å². The van der Waals surface area contributed by atoms with Crippen molar-refractivity contribution in [1.29, 1.82) is 0 Å². The predicted molar refractivity (Wildman–Crippen MR) is 136 cm³/mol. The van der Waals surface area contributed by atoms with Gasteiger partial charge in [-0.1, -0.05) is 94.3 Å². The van der Waals surface area contributed by atoms with E-state index >= 15 is 0 Å². The molecule has 0 spiro atoms. The van der Waals surface area contributed by atoms with E-state index in [9.17, 15) is 9.59 Å². The van der Waals surface area contributed by atoms with Crippen molar-refractivity contribution in [2.45, 2.75) is 38.8 Å². The van der Waals surface area contributed by atoms with Gasteiger partial charge in [0.25, 0.3) is 0 Å². The number of halogens is 2. The molecule has 4 nitrogen and oxygen atoms in total. The third kappa shape index (κ3) is 6.91. The van der Waals surface area contributed by atoms with Gasteiger partial charge < -0.3 is 10.6 Å². The molecule has 2 N–H and O–H groups in total. The molecule has 3 rings (SSSR count). The highest BCUT2D eigenvalue weighted by molar-refractivity contribution is 9.10. The van der Waals surface area contributed by atoms with E-state index < -0.39 is 0 Å². The highest BCUT2D eigenvalue weighted by Crippen LogP contribution is 2.28. The highest BCUT2D eigenvalue weighted by Gasteiger charge is 2.22. The number of carbonyl (C=O) groups excluding carboxylic acids is 2. The number of nitrogens with one attached hydrogen (secondary N) is 2. The van der Waals surface area contributed by atoms with Crippen LogP contribution in [-0.2, 0) is 9.59 Å². The van der Waals surface area contributed by atoms with Gasteiger partial charge in [0.15, 0.2) is 0 Å². The van der Waals surface area contributed by atoms with Gasteiger partial charge >= 0.3 is 0 Å². The second-order valence-corrected chi connectivity index (χ2v) is 10.0. The maximum Gasteiger partial charge on any atom is 0.224 e. The predicted octanol–water partition coefficient (Wildman–Crippen LogP) is 6.40. The lowest BCUT2D eigenvalue weighted by Gasteiger charge is -2.25. The van der Waals surface area contributed by atoms with Gasteiger partial charge in [-0.2, -0.15) is 0 Å². The summed E-state index contributed by atoms with van der Waals surface area (Å²) < 4.78 is 1.93. The van der Waals surface area contributed by atoms with Crippen LogP contribution in [0.25, 0.3) is 0 Å². The quantitative estimate of drug-likeness (QED) is 0.418. The van der Waals surface area contributed by atoms with Crippen molar-refractivity contribution in [2.75, 3.05) is 0 Å². The Morgan fingerprint density at radius 1 is 0.719 bits per heavy atom. The van der Waals surface area contributed by atoms with Crippen LogP contribution in [0.3, 0.4) is 0 Å². The van der Waals surface area contributed by atoms with E-state index in [1.54, 1.807) is 0 Å². The third-order valence-corrected chi connectivity index (χ3v) is 6.57. The van der Waals surface area contributed by atoms with Crippen LogP contribution in [0.4, 0.5) is 0 Å². The average molecular weight is 560 g/mol. The zero-order chi connectivity index (χ0) is 23.1. The fraction of sp³-hybridized carbons (Fsp3) is 0.308. The lowest BCUT2D eigenvalue weighted by molar-refractivity contribution is -0.122. The number of hydrogen-bond acceptors (Lipinski definition) is 2. The lowest BCUT2D eigenvalue weighted by Crippen LogP contribution is -2.33.